The zero-order valence-electron chi connectivity index (χ0n) is 7.77. The second kappa shape index (κ2) is 4.07. The van der Waals surface area contributed by atoms with Crippen LogP contribution >= 0.6 is 0 Å². The number of aliphatic hydroxyl groups excluding tert-OH is 1. The SMILES string of the molecule is OCc1c[c]ccc1-c1ccccc1. The Bertz CT molecular complexity index is 407. The third kappa shape index (κ3) is 1.68. The Kier molecular flexibility index (Phi) is 2.61. The summed E-state index contributed by atoms with van der Waals surface area (Å²) in [6.07, 6.45) is 0. The zero-order chi connectivity index (χ0) is 9.80. The van der Waals surface area contributed by atoms with Gasteiger partial charge in [0.1, 0.15) is 0 Å². The van der Waals surface area contributed by atoms with E-state index in [9.17, 15) is 0 Å². The molecule has 1 nitrogen and oxygen atoms in total. The van der Waals surface area contributed by atoms with Crippen LogP contribution in [0, 0.1) is 6.07 Å². The second-order valence-corrected chi connectivity index (χ2v) is 3.11. The van der Waals surface area contributed by atoms with Gasteiger partial charge in [0.25, 0.3) is 0 Å². The van der Waals surface area contributed by atoms with Crippen molar-refractivity contribution in [2.24, 2.45) is 0 Å². The minimum atomic E-state index is 0.0571. The Morgan fingerprint density at radius 3 is 2.57 bits per heavy atom. The van der Waals surface area contributed by atoms with Gasteiger partial charge < -0.3 is 5.11 Å². The van der Waals surface area contributed by atoms with E-state index in [1.807, 2.05) is 48.5 Å². The van der Waals surface area contributed by atoms with Gasteiger partial charge in [0.15, 0.2) is 0 Å². The molecule has 1 heteroatoms. The van der Waals surface area contributed by atoms with Crippen molar-refractivity contribution in [3.63, 3.8) is 0 Å². The summed E-state index contributed by atoms with van der Waals surface area (Å²) >= 11 is 0. The van der Waals surface area contributed by atoms with E-state index in [1.165, 1.54) is 0 Å². The van der Waals surface area contributed by atoms with Crippen molar-refractivity contribution < 1.29 is 5.11 Å². The van der Waals surface area contributed by atoms with Gasteiger partial charge in [0.05, 0.1) is 6.61 Å². The van der Waals surface area contributed by atoms with Crippen LogP contribution in [0.1, 0.15) is 5.56 Å². The molecular formula is C13H11O. The maximum atomic E-state index is 9.16. The van der Waals surface area contributed by atoms with Crippen LogP contribution < -0.4 is 0 Å². The fraction of sp³-hybridized carbons (Fsp3) is 0.0769. The van der Waals surface area contributed by atoms with Crippen LogP contribution in [0.4, 0.5) is 0 Å². The van der Waals surface area contributed by atoms with Crippen LogP contribution in [0.5, 0.6) is 0 Å². The summed E-state index contributed by atoms with van der Waals surface area (Å²) in [4.78, 5) is 0. The minimum Gasteiger partial charge on any atom is -0.392 e. The first kappa shape index (κ1) is 8.97. The summed E-state index contributed by atoms with van der Waals surface area (Å²) in [6, 6.07) is 18.7. The summed E-state index contributed by atoms with van der Waals surface area (Å²) in [5.74, 6) is 0. The van der Waals surface area contributed by atoms with Gasteiger partial charge in [0, 0.05) is 0 Å². The number of aliphatic hydroxyl groups is 1. The molecule has 0 spiro atoms. The molecule has 0 aromatic heterocycles. The van der Waals surface area contributed by atoms with Crippen molar-refractivity contribution in [1.82, 2.24) is 0 Å². The molecule has 2 aromatic rings. The van der Waals surface area contributed by atoms with Crippen LogP contribution in [0.3, 0.4) is 0 Å². The second-order valence-electron chi connectivity index (χ2n) is 3.11. The monoisotopic (exact) mass is 183 g/mol. The van der Waals surface area contributed by atoms with Crippen molar-refractivity contribution >= 4 is 0 Å². The molecule has 14 heavy (non-hydrogen) atoms. The lowest BCUT2D eigenvalue weighted by Gasteiger charge is -2.06. The van der Waals surface area contributed by atoms with Gasteiger partial charge in [-0.2, -0.15) is 0 Å². The molecule has 0 aliphatic carbocycles. The highest BCUT2D eigenvalue weighted by molar-refractivity contribution is 5.66. The van der Waals surface area contributed by atoms with Crippen LogP contribution in [0.2, 0.25) is 0 Å². The standard InChI is InChI=1S/C13H11O/c14-10-12-8-4-5-9-13(12)11-6-2-1-3-7-11/h1-3,5-9,14H,10H2. The molecule has 0 aliphatic rings. The van der Waals surface area contributed by atoms with Gasteiger partial charge in [-0.25, -0.2) is 0 Å². The molecule has 0 aliphatic heterocycles. The Morgan fingerprint density at radius 1 is 1.07 bits per heavy atom. The third-order valence-electron chi connectivity index (χ3n) is 2.20. The lowest BCUT2D eigenvalue weighted by Crippen LogP contribution is -1.88. The molecule has 2 rings (SSSR count). The van der Waals surface area contributed by atoms with Crippen molar-refractivity contribution in [3.05, 3.63) is 60.2 Å². The summed E-state index contributed by atoms with van der Waals surface area (Å²) in [6.45, 7) is 0.0571. The van der Waals surface area contributed by atoms with E-state index in [2.05, 4.69) is 6.07 Å². The van der Waals surface area contributed by atoms with Crippen molar-refractivity contribution in [2.45, 2.75) is 6.61 Å². The Balaban J connectivity index is 2.51. The molecule has 0 heterocycles. The average molecular weight is 183 g/mol. The molecule has 0 saturated carbocycles. The Hall–Kier alpha value is -1.60. The highest BCUT2D eigenvalue weighted by atomic mass is 16.3. The zero-order valence-corrected chi connectivity index (χ0v) is 7.77. The lowest BCUT2D eigenvalue weighted by molar-refractivity contribution is 0.282. The maximum Gasteiger partial charge on any atom is 0.0688 e. The Morgan fingerprint density at radius 2 is 1.86 bits per heavy atom. The average Bonchev–Trinajstić information content (AvgIpc) is 2.30. The van der Waals surface area contributed by atoms with Crippen LogP contribution in [0.15, 0.2) is 48.5 Å². The normalized spacial score (nSPS) is 10.1. The van der Waals surface area contributed by atoms with Crippen LogP contribution in [0.25, 0.3) is 11.1 Å². The lowest BCUT2D eigenvalue weighted by atomic mass is 10.0. The van der Waals surface area contributed by atoms with E-state index in [-0.39, 0.29) is 6.61 Å². The minimum absolute atomic E-state index is 0.0571. The van der Waals surface area contributed by atoms with Gasteiger partial charge in [-0.15, -0.1) is 0 Å². The fourth-order valence-corrected chi connectivity index (χ4v) is 1.50. The summed E-state index contributed by atoms with van der Waals surface area (Å²) in [7, 11) is 0. The highest BCUT2D eigenvalue weighted by Gasteiger charge is 2.01. The molecule has 1 N–H and O–H groups in total. The van der Waals surface area contributed by atoms with E-state index in [1.54, 1.807) is 0 Å². The van der Waals surface area contributed by atoms with Gasteiger partial charge in [-0.05, 0) is 28.8 Å². The molecule has 0 unspecified atom stereocenters. The summed E-state index contributed by atoms with van der Waals surface area (Å²) in [5, 5.41) is 9.16. The number of hydrogen-bond acceptors (Lipinski definition) is 1. The fourth-order valence-electron chi connectivity index (χ4n) is 1.50. The quantitative estimate of drug-likeness (QED) is 0.758. The molecule has 0 atom stereocenters. The highest BCUT2D eigenvalue weighted by Crippen LogP contribution is 2.22. The molecule has 2 aromatic carbocycles. The van der Waals surface area contributed by atoms with Crippen molar-refractivity contribution in [2.75, 3.05) is 0 Å². The first-order chi connectivity index (χ1) is 6.92. The molecule has 0 fully saturated rings. The van der Waals surface area contributed by atoms with E-state index < -0.39 is 0 Å². The number of benzene rings is 2. The Labute approximate surface area is 83.6 Å². The predicted molar refractivity (Wildman–Crippen MR) is 56.6 cm³/mol. The first-order valence-corrected chi connectivity index (χ1v) is 4.57. The molecule has 0 saturated heterocycles. The van der Waals surface area contributed by atoms with Crippen molar-refractivity contribution in [3.8, 4) is 11.1 Å². The molecule has 0 bridgehead atoms. The van der Waals surface area contributed by atoms with Gasteiger partial charge >= 0.3 is 0 Å². The van der Waals surface area contributed by atoms with E-state index in [0.29, 0.717) is 0 Å². The molecule has 0 amide bonds. The molecule has 1 radical (unpaired) electrons. The first-order valence-electron chi connectivity index (χ1n) is 4.57. The largest absolute Gasteiger partial charge is 0.392 e. The van der Waals surface area contributed by atoms with E-state index >= 15 is 0 Å². The van der Waals surface area contributed by atoms with Gasteiger partial charge in [-0.3, -0.25) is 0 Å². The van der Waals surface area contributed by atoms with Gasteiger partial charge in [-0.1, -0.05) is 42.5 Å². The number of rotatable bonds is 2. The topological polar surface area (TPSA) is 20.2 Å². The smallest absolute Gasteiger partial charge is 0.0688 e. The van der Waals surface area contributed by atoms with Gasteiger partial charge in [0.2, 0.25) is 0 Å². The van der Waals surface area contributed by atoms with Crippen molar-refractivity contribution in [1.29, 1.82) is 0 Å². The van der Waals surface area contributed by atoms with Crippen LogP contribution in [-0.4, -0.2) is 5.11 Å². The summed E-state index contributed by atoms with van der Waals surface area (Å²) in [5.41, 5.74) is 3.12. The summed E-state index contributed by atoms with van der Waals surface area (Å²) < 4.78 is 0. The molecular weight excluding hydrogens is 172 g/mol. The number of hydrogen-bond donors (Lipinski definition) is 1. The van der Waals surface area contributed by atoms with Crippen LogP contribution in [-0.2, 0) is 6.61 Å². The molecule has 69 valence electrons. The third-order valence-corrected chi connectivity index (χ3v) is 2.20. The van der Waals surface area contributed by atoms with E-state index in [4.69, 9.17) is 5.11 Å². The van der Waals surface area contributed by atoms with E-state index in [0.717, 1.165) is 16.7 Å². The maximum absolute atomic E-state index is 9.16. The predicted octanol–water partition coefficient (Wildman–Crippen LogP) is 2.65.